The van der Waals surface area contributed by atoms with Gasteiger partial charge in [-0.15, -0.1) is 0 Å². The van der Waals surface area contributed by atoms with Gasteiger partial charge in [-0.1, -0.05) is 31.1 Å². The molecule has 0 aromatic carbocycles. The number of rotatable bonds is 3. The molecule has 1 aliphatic rings. The zero-order valence-corrected chi connectivity index (χ0v) is 10.6. The minimum Gasteiger partial charge on any atom is -0.384 e. The first-order chi connectivity index (χ1) is 7.64. The number of nitrogen functional groups attached to an aromatic ring is 1. The SMILES string of the molecule is CCCC1CCC(O)(c2cnc(N)s2)CC1. The number of hydrogen-bond acceptors (Lipinski definition) is 4. The summed E-state index contributed by atoms with van der Waals surface area (Å²) in [6, 6.07) is 0. The van der Waals surface area contributed by atoms with Crippen LogP contribution in [-0.4, -0.2) is 10.1 Å². The predicted molar refractivity (Wildman–Crippen MR) is 67.3 cm³/mol. The van der Waals surface area contributed by atoms with Crippen LogP contribution in [-0.2, 0) is 5.60 Å². The Bertz CT molecular complexity index is 343. The van der Waals surface area contributed by atoms with E-state index in [9.17, 15) is 5.11 Å². The summed E-state index contributed by atoms with van der Waals surface area (Å²) in [6.45, 7) is 2.23. The van der Waals surface area contributed by atoms with Gasteiger partial charge in [0.25, 0.3) is 0 Å². The smallest absolute Gasteiger partial charge is 0.180 e. The Morgan fingerprint density at radius 1 is 1.56 bits per heavy atom. The lowest BCUT2D eigenvalue weighted by Crippen LogP contribution is -2.30. The summed E-state index contributed by atoms with van der Waals surface area (Å²) in [6.07, 6.45) is 8.25. The molecule has 16 heavy (non-hydrogen) atoms. The van der Waals surface area contributed by atoms with Gasteiger partial charge in [-0.2, -0.15) is 0 Å². The van der Waals surface area contributed by atoms with E-state index in [1.54, 1.807) is 6.20 Å². The second kappa shape index (κ2) is 4.72. The summed E-state index contributed by atoms with van der Waals surface area (Å²) in [5.41, 5.74) is 4.96. The van der Waals surface area contributed by atoms with Crippen LogP contribution in [0.1, 0.15) is 50.3 Å². The molecule has 1 heterocycles. The summed E-state index contributed by atoms with van der Waals surface area (Å²) in [4.78, 5) is 4.97. The highest BCUT2D eigenvalue weighted by Gasteiger charge is 2.35. The van der Waals surface area contributed by atoms with Crippen LogP contribution in [0.3, 0.4) is 0 Å². The highest BCUT2D eigenvalue weighted by atomic mass is 32.1. The Morgan fingerprint density at radius 3 is 2.75 bits per heavy atom. The average molecular weight is 240 g/mol. The maximum absolute atomic E-state index is 10.6. The van der Waals surface area contributed by atoms with Crippen molar-refractivity contribution in [1.82, 2.24) is 4.98 Å². The molecule has 4 heteroatoms. The second-order valence-electron chi connectivity index (χ2n) is 4.83. The van der Waals surface area contributed by atoms with Crippen LogP contribution in [0, 0.1) is 5.92 Å². The minimum absolute atomic E-state index is 0.555. The molecule has 1 aromatic heterocycles. The van der Waals surface area contributed by atoms with E-state index in [1.807, 2.05) is 0 Å². The van der Waals surface area contributed by atoms with Crippen molar-refractivity contribution >= 4 is 16.5 Å². The average Bonchev–Trinajstić information content (AvgIpc) is 2.70. The van der Waals surface area contributed by atoms with Crippen LogP contribution in [0.25, 0.3) is 0 Å². The lowest BCUT2D eigenvalue weighted by Gasteiger charge is -2.35. The van der Waals surface area contributed by atoms with Crippen molar-refractivity contribution in [3.8, 4) is 0 Å². The fourth-order valence-electron chi connectivity index (χ4n) is 2.60. The molecule has 0 atom stereocenters. The lowest BCUT2D eigenvalue weighted by molar-refractivity contribution is -0.0121. The van der Waals surface area contributed by atoms with Crippen LogP contribution in [0.15, 0.2) is 6.20 Å². The normalized spacial score (nSPS) is 30.5. The summed E-state index contributed by atoms with van der Waals surface area (Å²) < 4.78 is 0. The highest BCUT2D eigenvalue weighted by Crippen LogP contribution is 2.42. The Morgan fingerprint density at radius 2 is 2.25 bits per heavy atom. The molecule has 1 fully saturated rings. The molecule has 1 aromatic rings. The number of thiazole rings is 1. The number of hydrogen-bond donors (Lipinski definition) is 2. The molecule has 1 saturated carbocycles. The summed E-state index contributed by atoms with van der Waals surface area (Å²) in [7, 11) is 0. The van der Waals surface area contributed by atoms with E-state index >= 15 is 0 Å². The Balaban J connectivity index is 2.01. The number of anilines is 1. The molecule has 2 rings (SSSR count). The number of nitrogens with two attached hydrogens (primary N) is 1. The standard InChI is InChI=1S/C12H20N2OS/c1-2-3-9-4-6-12(15,7-5-9)10-8-14-11(13)16-10/h8-9,15H,2-7H2,1H3,(H2,13,14). The van der Waals surface area contributed by atoms with Gasteiger partial charge in [0, 0.05) is 6.20 Å². The number of aliphatic hydroxyl groups is 1. The van der Waals surface area contributed by atoms with Gasteiger partial charge in [-0.05, 0) is 31.6 Å². The molecule has 1 aliphatic carbocycles. The van der Waals surface area contributed by atoms with Crippen molar-refractivity contribution in [3.63, 3.8) is 0 Å². The van der Waals surface area contributed by atoms with Gasteiger partial charge in [-0.25, -0.2) is 4.98 Å². The first kappa shape index (κ1) is 11.9. The first-order valence-electron chi connectivity index (χ1n) is 6.08. The maximum Gasteiger partial charge on any atom is 0.180 e. The molecule has 0 radical (unpaired) electrons. The maximum atomic E-state index is 10.6. The quantitative estimate of drug-likeness (QED) is 0.854. The molecular formula is C12H20N2OS. The molecule has 3 N–H and O–H groups in total. The van der Waals surface area contributed by atoms with E-state index < -0.39 is 5.60 Å². The highest BCUT2D eigenvalue weighted by molar-refractivity contribution is 7.15. The largest absolute Gasteiger partial charge is 0.384 e. The molecule has 0 unspecified atom stereocenters. The third kappa shape index (κ3) is 2.38. The first-order valence-corrected chi connectivity index (χ1v) is 6.90. The predicted octanol–water partition coefficient (Wildman–Crippen LogP) is 2.90. The molecule has 3 nitrogen and oxygen atoms in total. The Kier molecular flexibility index (Phi) is 3.50. The van der Waals surface area contributed by atoms with Gasteiger partial charge in [0.05, 0.1) is 4.88 Å². The van der Waals surface area contributed by atoms with Crippen LogP contribution in [0.2, 0.25) is 0 Å². The van der Waals surface area contributed by atoms with Gasteiger partial charge in [0.2, 0.25) is 0 Å². The molecule has 90 valence electrons. The van der Waals surface area contributed by atoms with E-state index in [2.05, 4.69) is 11.9 Å². The topological polar surface area (TPSA) is 59.1 Å². The summed E-state index contributed by atoms with van der Waals surface area (Å²) >= 11 is 1.42. The molecule has 0 spiro atoms. The van der Waals surface area contributed by atoms with Gasteiger partial charge >= 0.3 is 0 Å². The van der Waals surface area contributed by atoms with Gasteiger partial charge in [0.1, 0.15) is 5.60 Å². The number of nitrogens with zero attached hydrogens (tertiary/aromatic N) is 1. The third-order valence-corrected chi connectivity index (χ3v) is 4.63. The van der Waals surface area contributed by atoms with E-state index in [0.717, 1.165) is 36.5 Å². The number of aromatic nitrogens is 1. The van der Waals surface area contributed by atoms with Crippen LogP contribution in [0.5, 0.6) is 0 Å². The van der Waals surface area contributed by atoms with Crippen molar-refractivity contribution in [3.05, 3.63) is 11.1 Å². The molecule has 0 bridgehead atoms. The van der Waals surface area contributed by atoms with Crippen molar-refractivity contribution in [2.24, 2.45) is 5.92 Å². The lowest BCUT2D eigenvalue weighted by atomic mass is 9.77. The summed E-state index contributed by atoms with van der Waals surface area (Å²) in [5.74, 6) is 0.801. The fraction of sp³-hybridized carbons (Fsp3) is 0.750. The van der Waals surface area contributed by atoms with E-state index in [4.69, 9.17) is 5.73 Å². The van der Waals surface area contributed by atoms with Crippen LogP contribution >= 0.6 is 11.3 Å². The van der Waals surface area contributed by atoms with Crippen molar-refractivity contribution in [2.45, 2.75) is 51.0 Å². The third-order valence-electron chi connectivity index (χ3n) is 3.61. The Hall–Kier alpha value is -0.610. The van der Waals surface area contributed by atoms with E-state index in [1.165, 1.54) is 24.2 Å². The molecule has 0 amide bonds. The van der Waals surface area contributed by atoms with E-state index in [-0.39, 0.29) is 0 Å². The van der Waals surface area contributed by atoms with Gasteiger partial charge in [-0.3, -0.25) is 0 Å². The zero-order valence-electron chi connectivity index (χ0n) is 9.78. The molecule has 0 saturated heterocycles. The second-order valence-corrected chi connectivity index (χ2v) is 5.89. The minimum atomic E-state index is -0.653. The molecule has 0 aliphatic heterocycles. The van der Waals surface area contributed by atoms with E-state index in [0.29, 0.717) is 5.13 Å². The van der Waals surface area contributed by atoms with Crippen LogP contribution < -0.4 is 5.73 Å². The van der Waals surface area contributed by atoms with Crippen molar-refractivity contribution in [2.75, 3.05) is 5.73 Å². The fourth-order valence-corrected chi connectivity index (χ4v) is 3.43. The molecular weight excluding hydrogens is 220 g/mol. The zero-order chi connectivity index (χ0) is 11.6. The van der Waals surface area contributed by atoms with Gasteiger partial charge < -0.3 is 10.8 Å². The van der Waals surface area contributed by atoms with Gasteiger partial charge in [0.15, 0.2) is 5.13 Å². The monoisotopic (exact) mass is 240 g/mol. The van der Waals surface area contributed by atoms with Crippen LogP contribution in [0.4, 0.5) is 5.13 Å². The van der Waals surface area contributed by atoms with Crippen molar-refractivity contribution in [1.29, 1.82) is 0 Å². The Labute approximate surface area is 101 Å². The summed E-state index contributed by atoms with van der Waals surface area (Å²) in [5, 5.41) is 11.1. The van der Waals surface area contributed by atoms with Crippen molar-refractivity contribution < 1.29 is 5.11 Å².